The maximum Gasteiger partial charge on any atom is 0.435 e. The van der Waals surface area contributed by atoms with Gasteiger partial charge in [0.05, 0.1) is 0 Å². The van der Waals surface area contributed by atoms with Gasteiger partial charge >= 0.3 is 24.0 Å². The number of carbonyl (C=O) groups is 1. The quantitative estimate of drug-likeness (QED) is 0.587. The van der Waals surface area contributed by atoms with Crippen molar-refractivity contribution in [3.05, 3.63) is 0 Å². The summed E-state index contributed by atoms with van der Waals surface area (Å²) >= 11 is 0. The van der Waals surface area contributed by atoms with E-state index in [1.807, 2.05) is 0 Å². The van der Waals surface area contributed by atoms with Gasteiger partial charge in [-0.3, -0.25) is 0 Å². The molecule has 0 spiro atoms. The molecular formula is C9H10F8O2. The molecule has 0 N–H and O–H groups in total. The van der Waals surface area contributed by atoms with Crippen LogP contribution < -0.4 is 0 Å². The third kappa shape index (κ3) is 3.69. The minimum absolute atomic E-state index is 0.552. The highest BCUT2D eigenvalue weighted by Crippen LogP contribution is 2.46. The molecule has 0 saturated carbocycles. The normalized spacial score (nSPS) is 16.9. The minimum Gasteiger partial charge on any atom is -0.459 e. The Hall–Kier alpha value is -1.09. The highest BCUT2D eigenvalue weighted by Gasteiger charge is 2.73. The minimum atomic E-state index is -6.34. The molecule has 1 atom stereocenters. The maximum atomic E-state index is 13.2. The first-order valence-corrected chi connectivity index (χ1v) is 4.87. The number of esters is 1. The van der Waals surface area contributed by atoms with Crippen molar-refractivity contribution in [1.82, 2.24) is 0 Å². The number of alkyl halides is 8. The average molecular weight is 302 g/mol. The third-order valence-corrected chi connectivity index (χ3v) is 2.39. The van der Waals surface area contributed by atoms with E-state index in [0.29, 0.717) is 6.92 Å². The van der Waals surface area contributed by atoms with E-state index in [4.69, 9.17) is 0 Å². The first-order valence-electron chi connectivity index (χ1n) is 4.87. The smallest absolute Gasteiger partial charge is 0.435 e. The largest absolute Gasteiger partial charge is 0.459 e. The van der Waals surface area contributed by atoms with Gasteiger partial charge in [0.25, 0.3) is 0 Å². The molecule has 10 heteroatoms. The van der Waals surface area contributed by atoms with Crippen LogP contribution in [0.15, 0.2) is 0 Å². The van der Waals surface area contributed by atoms with Crippen LogP contribution in [0, 0.1) is 0 Å². The maximum absolute atomic E-state index is 13.2. The summed E-state index contributed by atoms with van der Waals surface area (Å²) in [7, 11) is 0. The average Bonchev–Trinajstić information content (AvgIpc) is 2.21. The number of ether oxygens (including phenoxy) is 1. The Kier molecular flexibility index (Phi) is 4.83. The van der Waals surface area contributed by atoms with Crippen LogP contribution >= 0.6 is 0 Å². The summed E-state index contributed by atoms with van der Waals surface area (Å²) in [4.78, 5) is 10.9. The summed E-state index contributed by atoms with van der Waals surface area (Å²) in [6, 6.07) is 0. The van der Waals surface area contributed by atoms with Crippen LogP contribution in [0.1, 0.15) is 20.3 Å². The van der Waals surface area contributed by atoms with Crippen molar-refractivity contribution >= 4 is 5.97 Å². The molecule has 2 nitrogen and oxygen atoms in total. The molecule has 0 aliphatic carbocycles. The molecule has 0 heterocycles. The van der Waals surface area contributed by atoms with Crippen molar-refractivity contribution in [2.75, 3.05) is 6.61 Å². The lowest BCUT2D eigenvalue weighted by Crippen LogP contribution is -2.57. The van der Waals surface area contributed by atoms with Crippen LogP contribution in [-0.4, -0.2) is 36.3 Å². The molecule has 0 radical (unpaired) electrons. The van der Waals surface area contributed by atoms with Gasteiger partial charge in [-0.25, -0.2) is 13.6 Å². The predicted octanol–water partition coefficient (Wildman–Crippen LogP) is 3.50. The summed E-state index contributed by atoms with van der Waals surface area (Å²) < 4.78 is 102. The molecular weight excluding hydrogens is 292 g/mol. The molecule has 19 heavy (non-hydrogen) atoms. The summed E-state index contributed by atoms with van der Waals surface area (Å²) in [6.07, 6.45) is -13.2. The highest BCUT2D eigenvalue weighted by atomic mass is 19.4. The van der Waals surface area contributed by atoms with Gasteiger partial charge in [-0.1, -0.05) is 6.92 Å². The van der Waals surface area contributed by atoms with Gasteiger partial charge in [0.15, 0.2) is 0 Å². The fourth-order valence-corrected chi connectivity index (χ4v) is 0.784. The van der Waals surface area contributed by atoms with Crippen molar-refractivity contribution in [3.8, 4) is 0 Å². The van der Waals surface area contributed by atoms with Gasteiger partial charge in [0, 0.05) is 0 Å². The molecule has 0 aliphatic heterocycles. The Morgan fingerprint density at radius 3 is 1.58 bits per heavy atom. The highest BCUT2D eigenvalue weighted by molar-refractivity contribution is 5.78. The molecule has 0 aliphatic rings. The van der Waals surface area contributed by atoms with Crippen LogP contribution in [0.5, 0.6) is 0 Å². The zero-order valence-corrected chi connectivity index (χ0v) is 9.75. The molecule has 0 aromatic carbocycles. The van der Waals surface area contributed by atoms with Gasteiger partial charge in [0.2, 0.25) is 5.67 Å². The van der Waals surface area contributed by atoms with Gasteiger partial charge in [-0.2, -0.15) is 26.3 Å². The second-order valence-electron chi connectivity index (χ2n) is 3.92. The Morgan fingerprint density at radius 1 is 0.947 bits per heavy atom. The number of carbonyl (C=O) groups excluding carboxylic acids is 1. The van der Waals surface area contributed by atoms with Crippen molar-refractivity contribution in [3.63, 3.8) is 0 Å². The van der Waals surface area contributed by atoms with Crippen molar-refractivity contribution < 1.29 is 44.7 Å². The Morgan fingerprint density at radius 2 is 1.32 bits per heavy atom. The topological polar surface area (TPSA) is 26.3 Å². The lowest BCUT2D eigenvalue weighted by Gasteiger charge is -2.30. The molecule has 0 aromatic heterocycles. The second kappa shape index (κ2) is 5.12. The Labute approximate surface area is 102 Å². The van der Waals surface area contributed by atoms with E-state index >= 15 is 0 Å². The van der Waals surface area contributed by atoms with E-state index in [0.717, 1.165) is 6.92 Å². The third-order valence-electron chi connectivity index (χ3n) is 2.39. The van der Waals surface area contributed by atoms with Crippen LogP contribution in [0.3, 0.4) is 0 Å². The zero-order chi connectivity index (χ0) is 15.7. The molecule has 1 unspecified atom stereocenters. The molecule has 0 amide bonds. The number of halogens is 8. The standard InChI is InChI=1S/C9H10F8O2/c1-3-6(2,10)5(18)19-4-7(11,8(12,13)14)9(15,16)17/h3-4H2,1-2H3. The van der Waals surface area contributed by atoms with E-state index in [1.165, 1.54) is 0 Å². The van der Waals surface area contributed by atoms with Crippen molar-refractivity contribution in [2.45, 2.75) is 44.0 Å². The Bertz CT molecular complexity index is 316. The van der Waals surface area contributed by atoms with Crippen LogP contribution in [0.2, 0.25) is 0 Å². The second-order valence-corrected chi connectivity index (χ2v) is 3.92. The summed E-state index contributed by atoms with van der Waals surface area (Å²) in [5.74, 6) is -1.99. The fourth-order valence-electron chi connectivity index (χ4n) is 0.784. The van der Waals surface area contributed by atoms with Gasteiger partial charge in [-0.15, -0.1) is 0 Å². The zero-order valence-electron chi connectivity index (χ0n) is 9.75. The lowest BCUT2D eigenvalue weighted by molar-refractivity contribution is -0.349. The van der Waals surface area contributed by atoms with Gasteiger partial charge in [-0.05, 0) is 13.3 Å². The monoisotopic (exact) mass is 302 g/mol. The van der Waals surface area contributed by atoms with E-state index in [1.54, 1.807) is 0 Å². The summed E-state index contributed by atoms with van der Waals surface area (Å²) in [5, 5.41) is 0. The molecule has 0 aromatic rings. The van der Waals surface area contributed by atoms with Crippen molar-refractivity contribution in [1.29, 1.82) is 0 Å². The van der Waals surface area contributed by atoms with E-state index in [2.05, 4.69) is 4.74 Å². The first kappa shape index (κ1) is 17.9. The van der Waals surface area contributed by atoms with Crippen molar-refractivity contribution in [2.24, 2.45) is 0 Å². The van der Waals surface area contributed by atoms with Crippen LogP contribution in [0.4, 0.5) is 35.1 Å². The van der Waals surface area contributed by atoms with E-state index in [9.17, 15) is 39.9 Å². The van der Waals surface area contributed by atoms with Gasteiger partial charge < -0.3 is 4.74 Å². The molecule has 0 rings (SSSR count). The molecule has 0 fully saturated rings. The van der Waals surface area contributed by atoms with E-state index in [-0.39, 0.29) is 0 Å². The first-order chi connectivity index (χ1) is 8.19. The SMILES string of the molecule is CCC(C)(F)C(=O)OCC(F)(C(F)(F)F)C(F)(F)F. The summed E-state index contributed by atoms with van der Waals surface area (Å²) in [6.45, 7) is -0.980. The predicted molar refractivity (Wildman–Crippen MR) is 46.7 cm³/mol. The molecule has 0 bridgehead atoms. The van der Waals surface area contributed by atoms with Crippen LogP contribution in [0.25, 0.3) is 0 Å². The number of rotatable bonds is 4. The van der Waals surface area contributed by atoms with Gasteiger partial charge in [0.1, 0.15) is 6.61 Å². The lowest BCUT2D eigenvalue weighted by atomic mass is 10.1. The van der Waals surface area contributed by atoms with Crippen LogP contribution in [-0.2, 0) is 9.53 Å². The fraction of sp³-hybridized carbons (Fsp3) is 0.889. The number of hydrogen-bond donors (Lipinski definition) is 0. The molecule has 0 saturated heterocycles. The number of hydrogen-bond acceptors (Lipinski definition) is 2. The summed E-state index contributed by atoms with van der Waals surface area (Å²) in [5.41, 5.74) is -8.53. The van der Waals surface area contributed by atoms with E-state index < -0.39 is 42.7 Å². The Balaban J connectivity index is 5.07. The molecule has 114 valence electrons.